The molecule has 1 fully saturated rings. The first-order valence-corrected chi connectivity index (χ1v) is 8.00. The molecule has 2 N–H and O–H groups in total. The zero-order valence-corrected chi connectivity index (χ0v) is 13.0. The van der Waals surface area contributed by atoms with Gasteiger partial charge in [-0.2, -0.15) is 0 Å². The lowest BCUT2D eigenvalue weighted by Crippen LogP contribution is -2.37. The molecule has 4 nitrogen and oxygen atoms in total. The van der Waals surface area contributed by atoms with E-state index in [1.54, 1.807) is 0 Å². The molecule has 21 heavy (non-hydrogen) atoms. The van der Waals surface area contributed by atoms with Gasteiger partial charge < -0.3 is 15.3 Å². The Morgan fingerprint density at radius 1 is 1.52 bits per heavy atom. The zero-order chi connectivity index (χ0) is 15.1. The third-order valence-electron chi connectivity index (χ3n) is 4.12. The summed E-state index contributed by atoms with van der Waals surface area (Å²) in [6, 6.07) is 4.52. The Hall–Kier alpha value is -1.55. The number of hydrogen-bond acceptors (Lipinski definition) is 4. The Morgan fingerprint density at radius 2 is 2.29 bits per heavy atom. The third-order valence-corrected chi connectivity index (χ3v) is 4.12. The van der Waals surface area contributed by atoms with E-state index in [1.807, 2.05) is 18.3 Å². The second kappa shape index (κ2) is 8.03. The van der Waals surface area contributed by atoms with Crippen LogP contribution in [0.25, 0.3) is 0 Å². The van der Waals surface area contributed by atoms with Crippen molar-refractivity contribution in [3.63, 3.8) is 0 Å². The molecule has 0 bridgehead atoms. The first kappa shape index (κ1) is 15.8. The summed E-state index contributed by atoms with van der Waals surface area (Å²) in [5, 5.41) is 13.3. The van der Waals surface area contributed by atoms with Crippen LogP contribution in [-0.2, 0) is 0 Å². The summed E-state index contributed by atoms with van der Waals surface area (Å²) >= 11 is 0. The van der Waals surface area contributed by atoms with E-state index in [2.05, 4.69) is 34.8 Å². The van der Waals surface area contributed by atoms with Crippen molar-refractivity contribution in [3.05, 3.63) is 31.0 Å². The van der Waals surface area contributed by atoms with E-state index >= 15 is 0 Å². The highest BCUT2D eigenvalue weighted by atomic mass is 16.3. The SMILES string of the molecule is C=CCCC(CC)Nc1cccnc1N1CCC(O)CC1. The Kier molecular flexibility index (Phi) is 6.05. The zero-order valence-electron chi connectivity index (χ0n) is 13.0. The molecule has 0 amide bonds. The number of hydrogen-bond donors (Lipinski definition) is 2. The lowest BCUT2D eigenvalue weighted by Gasteiger charge is -2.32. The maximum atomic E-state index is 9.65. The molecule has 1 aromatic heterocycles. The van der Waals surface area contributed by atoms with Crippen LogP contribution >= 0.6 is 0 Å². The van der Waals surface area contributed by atoms with Gasteiger partial charge in [-0.15, -0.1) is 6.58 Å². The number of allylic oxidation sites excluding steroid dienone is 1. The van der Waals surface area contributed by atoms with E-state index in [0.29, 0.717) is 6.04 Å². The first-order valence-electron chi connectivity index (χ1n) is 8.00. The Morgan fingerprint density at radius 3 is 2.95 bits per heavy atom. The first-order chi connectivity index (χ1) is 10.2. The van der Waals surface area contributed by atoms with Crippen LogP contribution in [0.4, 0.5) is 11.5 Å². The predicted molar refractivity (Wildman–Crippen MR) is 88.8 cm³/mol. The molecule has 1 aliphatic heterocycles. The van der Waals surface area contributed by atoms with Crippen molar-refractivity contribution >= 4 is 11.5 Å². The van der Waals surface area contributed by atoms with E-state index in [0.717, 1.165) is 56.7 Å². The molecule has 116 valence electrons. The number of anilines is 2. The van der Waals surface area contributed by atoms with Gasteiger partial charge in [0, 0.05) is 25.3 Å². The number of aromatic nitrogens is 1. The van der Waals surface area contributed by atoms with Crippen molar-refractivity contribution in [2.45, 2.75) is 51.2 Å². The highest BCUT2D eigenvalue weighted by Crippen LogP contribution is 2.27. The van der Waals surface area contributed by atoms with E-state index in [4.69, 9.17) is 0 Å². The van der Waals surface area contributed by atoms with Crippen molar-refractivity contribution in [1.29, 1.82) is 0 Å². The summed E-state index contributed by atoms with van der Waals surface area (Å²) in [5.74, 6) is 1.02. The quantitative estimate of drug-likeness (QED) is 0.757. The normalized spacial score (nSPS) is 17.5. The highest BCUT2D eigenvalue weighted by molar-refractivity contribution is 5.66. The van der Waals surface area contributed by atoms with Crippen molar-refractivity contribution in [2.24, 2.45) is 0 Å². The molecule has 1 aliphatic rings. The van der Waals surface area contributed by atoms with Crippen LogP contribution < -0.4 is 10.2 Å². The number of nitrogens with one attached hydrogen (secondary N) is 1. The largest absolute Gasteiger partial charge is 0.393 e. The van der Waals surface area contributed by atoms with E-state index in [-0.39, 0.29) is 6.10 Å². The molecule has 0 saturated carbocycles. The van der Waals surface area contributed by atoms with Gasteiger partial charge in [-0.3, -0.25) is 0 Å². The molecule has 0 spiro atoms. The average Bonchev–Trinajstić information content (AvgIpc) is 2.52. The molecule has 4 heteroatoms. The van der Waals surface area contributed by atoms with Crippen LogP contribution in [0.1, 0.15) is 39.0 Å². The molecule has 0 aliphatic carbocycles. The average molecular weight is 289 g/mol. The van der Waals surface area contributed by atoms with Crippen LogP contribution in [0.2, 0.25) is 0 Å². The number of rotatable bonds is 7. The topological polar surface area (TPSA) is 48.4 Å². The fourth-order valence-electron chi connectivity index (χ4n) is 2.76. The smallest absolute Gasteiger partial charge is 0.151 e. The van der Waals surface area contributed by atoms with Crippen molar-refractivity contribution in [2.75, 3.05) is 23.3 Å². The second-order valence-corrected chi connectivity index (χ2v) is 5.71. The van der Waals surface area contributed by atoms with Gasteiger partial charge in [0.25, 0.3) is 0 Å². The van der Waals surface area contributed by atoms with Crippen molar-refractivity contribution in [3.8, 4) is 0 Å². The molecule has 1 unspecified atom stereocenters. The van der Waals surface area contributed by atoms with Gasteiger partial charge in [-0.1, -0.05) is 13.0 Å². The van der Waals surface area contributed by atoms with E-state index in [9.17, 15) is 5.11 Å². The molecule has 0 aromatic carbocycles. The predicted octanol–water partition coefficient (Wildman–Crippen LogP) is 3.20. The van der Waals surface area contributed by atoms with Crippen LogP contribution in [0.3, 0.4) is 0 Å². The van der Waals surface area contributed by atoms with Gasteiger partial charge in [-0.05, 0) is 44.2 Å². The van der Waals surface area contributed by atoms with Gasteiger partial charge in [0.05, 0.1) is 11.8 Å². The minimum atomic E-state index is -0.155. The molecule has 2 rings (SSSR count). The van der Waals surface area contributed by atoms with Gasteiger partial charge in [-0.25, -0.2) is 4.98 Å². The monoisotopic (exact) mass is 289 g/mol. The number of piperidine rings is 1. The lowest BCUT2D eigenvalue weighted by molar-refractivity contribution is 0.145. The fraction of sp³-hybridized carbons (Fsp3) is 0.588. The minimum Gasteiger partial charge on any atom is -0.393 e. The number of nitrogens with zero attached hydrogens (tertiary/aromatic N) is 2. The Balaban J connectivity index is 2.07. The number of aliphatic hydroxyl groups is 1. The molecule has 0 radical (unpaired) electrons. The Bertz CT molecular complexity index is 441. The highest BCUT2D eigenvalue weighted by Gasteiger charge is 2.20. The molecule has 1 saturated heterocycles. The van der Waals surface area contributed by atoms with E-state index in [1.165, 1.54) is 0 Å². The van der Waals surface area contributed by atoms with Crippen molar-refractivity contribution < 1.29 is 5.11 Å². The maximum absolute atomic E-state index is 9.65. The summed E-state index contributed by atoms with van der Waals surface area (Å²) in [6.45, 7) is 7.75. The summed E-state index contributed by atoms with van der Waals surface area (Å²) in [5.41, 5.74) is 1.10. The summed E-state index contributed by atoms with van der Waals surface area (Å²) in [4.78, 5) is 6.83. The third kappa shape index (κ3) is 4.46. The van der Waals surface area contributed by atoms with Crippen LogP contribution in [0, 0.1) is 0 Å². The standard InChI is InChI=1S/C17H27N3O/c1-3-5-7-14(4-2)19-16-8-6-11-18-17(16)20-12-9-15(21)10-13-20/h3,6,8,11,14-15,19,21H,1,4-5,7,9-10,12-13H2,2H3. The number of pyridine rings is 1. The van der Waals surface area contributed by atoms with Crippen molar-refractivity contribution in [1.82, 2.24) is 4.98 Å². The summed E-state index contributed by atoms with van der Waals surface area (Å²) in [6.07, 6.45) is 8.51. The lowest BCUT2D eigenvalue weighted by atomic mass is 10.1. The summed E-state index contributed by atoms with van der Waals surface area (Å²) in [7, 11) is 0. The fourth-order valence-corrected chi connectivity index (χ4v) is 2.76. The van der Waals surface area contributed by atoms with E-state index < -0.39 is 0 Å². The maximum Gasteiger partial charge on any atom is 0.151 e. The van der Waals surface area contributed by atoms with Gasteiger partial charge in [0.15, 0.2) is 5.82 Å². The Labute approximate surface area is 127 Å². The minimum absolute atomic E-state index is 0.155. The molecular formula is C17H27N3O. The van der Waals surface area contributed by atoms with Crippen LogP contribution in [0.5, 0.6) is 0 Å². The van der Waals surface area contributed by atoms with Gasteiger partial charge >= 0.3 is 0 Å². The second-order valence-electron chi connectivity index (χ2n) is 5.71. The molecule has 1 aromatic rings. The molecular weight excluding hydrogens is 262 g/mol. The number of aliphatic hydroxyl groups excluding tert-OH is 1. The van der Waals surface area contributed by atoms with Crippen LogP contribution in [-0.4, -0.2) is 35.3 Å². The van der Waals surface area contributed by atoms with Gasteiger partial charge in [0.1, 0.15) is 0 Å². The summed E-state index contributed by atoms with van der Waals surface area (Å²) < 4.78 is 0. The molecule has 1 atom stereocenters. The van der Waals surface area contributed by atoms with Gasteiger partial charge in [0.2, 0.25) is 0 Å². The van der Waals surface area contributed by atoms with Crippen LogP contribution in [0.15, 0.2) is 31.0 Å². The molecule has 2 heterocycles.